The van der Waals surface area contributed by atoms with Gasteiger partial charge in [0, 0.05) is 13.1 Å². The zero-order chi connectivity index (χ0) is 26.4. The van der Waals surface area contributed by atoms with Crippen molar-refractivity contribution in [1.82, 2.24) is 4.90 Å². The summed E-state index contributed by atoms with van der Waals surface area (Å²) in [7, 11) is -3.99. The number of aryl methyl sites for hydroxylation is 3. The molecule has 4 aromatic rings. The molecule has 0 saturated heterocycles. The van der Waals surface area contributed by atoms with Crippen LogP contribution in [0, 0.1) is 20.8 Å². The molecule has 0 fully saturated rings. The quantitative estimate of drug-likeness (QED) is 0.275. The summed E-state index contributed by atoms with van der Waals surface area (Å²) in [5.41, 5.74) is 5.25. The molecular formula is C31H32N2O3S. The first-order valence-corrected chi connectivity index (χ1v) is 13.7. The molecule has 0 aliphatic heterocycles. The Hall–Kier alpha value is -3.90. The van der Waals surface area contributed by atoms with E-state index < -0.39 is 10.0 Å². The molecule has 1 amide bonds. The van der Waals surface area contributed by atoms with Crippen LogP contribution < -0.4 is 4.31 Å². The first kappa shape index (κ1) is 26.2. The van der Waals surface area contributed by atoms with E-state index in [-0.39, 0.29) is 17.3 Å². The smallest absolute Gasteiger partial charge is 0.264 e. The topological polar surface area (TPSA) is 57.7 Å². The van der Waals surface area contributed by atoms with E-state index in [2.05, 4.69) is 0 Å². The number of benzene rings is 4. The minimum Gasteiger partial charge on any atom is -0.332 e. The SMILES string of the molecule is Cc1ccc(S(=O)(=O)N(CC(=O)N(Cc2ccccc2)Cc2ccccc2)c2cc(C)cc(C)c2)cc1. The first-order valence-electron chi connectivity index (χ1n) is 12.3. The second-order valence-corrected chi connectivity index (χ2v) is 11.3. The van der Waals surface area contributed by atoms with Gasteiger partial charge in [0.25, 0.3) is 10.0 Å². The summed E-state index contributed by atoms with van der Waals surface area (Å²) >= 11 is 0. The minimum absolute atomic E-state index is 0.155. The summed E-state index contributed by atoms with van der Waals surface area (Å²) in [5.74, 6) is -0.275. The molecule has 190 valence electrons. The summed E-state index contributed by atoms with van der Waals surface area (Å²) < 4.78 is 29.0. The lowest BCUT2D eigenvalue weighted by molar-refractivity contribution is -0.130. The van der Waals surface area contributed by atoms with Crippen molar-refractivity contribution >= 4 is 21.6 Å². The highest BCUT2D eigenvalue weighted by Crippen LogP contribution is 2.27. The van der Waals surface area contributed by atoms with Crippen molar-refractivity contribution in [3.63, 3.8) is 0 Å². The highest BCUT2D eigenvalue weighted by Gasteiger charge is 2.29. The molecule has 0 N–H and O–H groups in total. The Bertz CT molecular complexity index is 1390. The number of nitrogens with zero attached hydrogens (tertiary/aromatic N) is 2. The van der Waals surface area contributed by atoms with Crippen LogP contribution in [0.5, 0.6) is 0 Å². The molecule has 6 heteroatoms. The highest BCUT2D eigenvalue weighted by atomic mass is 32.2. The van der Waals surface area contributed by atoms with Gasteiger partial charge in [0.15, 0.2) is 0 Å². The lowest BCUT2D eigenvalue weighted by atomic mass is 10.1. The summed E-state index contributed by atoms with van der Waals surface area (Å²) in [6.07, 6.45) is 0. The van der Waals surface area contributed by atoms with Crippen LogP contribution in [0.25, 0.3) is 0 Å². The van der Waals surface area contributed by atoms with Gasteiger partial charge in [-0.2, -0.15) is 0 Å². The molecule has 5 nitrogen and oxygen atoms in total. The number of anilines is 1. The van der Waals surface area contributed by atoms with Gasteiger partial charge >= 0.3 is 0 Å². The zero-order valence-electron chi connectivity index (χ0n) is 21.5. The number of rotatable bonds is 9. The van der Waals surface area contributed by atoms with Crippen molar-refractivity contribution < 1.29 is 13.2 Å². The van der Waals surface area contributed by atoms with Gasteiger partial charge in [-0.1, -0.05) is 84.4 Å². The van der Waals surface area contributed by atoms with Crippen LogP contribution in [-0.4, -0.2) is 25.8 Å². The Kier molecular flexibility index (Phi) is 8.09. The molecule has 0 aliphatic carbocycles. The molecule has 0 unspecified atom stereocenters. The number of sulfonamides is 1. The van der Waals surface area contributed by atoms with Gasteiger partial charge in [-0.25, -0.2) is 8.42 Å². The molecule has 0 heterocycles. The Balaban J connectivity index is 1.72. The zero-order valence-corrected chi connectivity index (χ0v) is 22.3. The van der Waals surface area contributed by atoms with E-state index in [0.717, 1.165) is 27.8 Å². The van der Waals surface area contributed by atoms with E-state index in [9.17, 15) is 13.2 Å². The second kappa shape index (κ2) is 11.4. The maximum Gasteiger partial charge on any atom is 0.264 e. The van der Waals surface area contributed by atoms with Crippen molar-refractivity contribution in [1.29, 1.82) is 0 Å². The largest absolute Gasteiger partial charge is 0.332 e. The maximum absolute atomic E-state index is 13.9. The van der Waals surface area contributed by atoms with Crippen molar-refractivity contribution in [2.75, 3.05) is 10.8 Å². The minimum atomic E-state index is -3.99. The van der Waals surface area contributed by atoms with Gasteiger partial charge in [-0.15, -0.1) is 0 Å². The molecule has 0 aromatic heterocycles. The van der Waals surface area contributed by atoms with Gasteiger partial charge in [0.05, 0.1) is 10.6 Å². The maximum atomic E-state index is 13.9. The Morgan fingerprint density at radius 1 is 0.649 bits per heavy atom. The van der Waals surface area contributed by atoms with E-state index in [0.29, 0.717) is 18.8 Å². The fourth-order valence-electron chi connectivity index (χ4n) is 4.31. The molecule has 37 heavy (non-hydrogen) atoms. The van der Waals surface area contributed by atoms with Gasteiger partial charge in [-0.05, 0) is 67.3 Å². The summed E-state index contributed by atoms with van der Waals surface area (Å²) in [6.45, 7) is 6.20. The van der Waals surface area contributed by atoms with Crippen LogP contribution >= 0.6 is 0 Å². The number of hydrogen-bond donors (Lipinski definition) is 0. The third kappa shape index (κ3) is 6.66. The average Bonchev–Trinajstić information content (AvgIpc) is 2.87. The van der Waals surface area contributed by atoms with E-state index in [1.807, 2.05) is 99.6 Å². The van der Waals surface area contributed by atoms with Crippen molar-refractivity contribution in [3.8, 4) is 0 Å². The Morgan fingerprint density at radius 3 is 1.62 bits per heavy atom. The van der Waals surface area contributed by atoms with Crippen molar-refractivity contribution in [2.24, 2.45) is 0 Å². The predicted molar refractivity (Wildman–Crippen MR) is 149 cm³/mol. The molecule has 0 atom stereocenters. The van der Waals surface area contributed by atoms with Gasteiger partial charge < -0.3 is 4.90 Å². The molecule has 0 saturated carbocycles. The third-order valence-electron chi connectivity index (χ3n) is 6.17. The summed E-state index contributed by atoms with van der Waals surface area (Å²) in [4.78, 5) is 15.7. The summed E-state index contributed by atoms with van der Waals surface area (Å²) in [5, 5.41) is 0. The van der Waals surface area contributed by atoms with E-state index in [1.165, 1.54) is 4.31 Å². The standard InChI is InChI=1S/C31H32N2O3S/c1-24-14-16-30(17-15-24)37(35,36)33(29-19-25(2)18-26(3)20-29)23-31(34)32(21-27-10-6-4-7-11-27)22-28-12-8-5-9-13-28/h4-20H,21-23H2,1-3H3. The third-order valence-corrected chi connectivity index (χ3v) is 7.96. The highest BCUT2D eigenvalue weighted by molar-refractivity contribution is 7.92. The van der Waals surface area contributed by atoms with E-state index in [4.69, 9.17) is 0 Å². The number of amides is 1. The van der Waals surface area contributed by atoms with Gasteiger partial charge in [0.2, 0.25) is 5.91 Å². The average molecular weight is 513 g/mol. The first-order chi connectivity index (χ1) is 17.7. The normalized spacial score (nSPS) is 11.2. The predicted octanol–water partition coefficient (Wildman–Crippen LogP) is 6.04. The number of hydrogen-bond acceptors (Lipinski definition) is 3. The lowest BCUT2D eigenvalue weighted by Gasteiger charge is -2.29. The fourth-order valence-corrected chi connectivity index (χ4v) is 5.71. The lowest BCUT2D eigenvalue weighted by Crippen LogP contribution is -2.42. The van der Waals surface area contributed by atoms with Gasteiger partial charge in [0.1, 0.15) is 6.54 Å². The van der Waals surface area contributed by atoms with Crippen molar-refractivity contribution in [2.45, 2.75) is 38.8 Å². The van der Waals surface area contributed by atoms with Crippen LogP contribution in [0.2, 0.25) is 0 Å². The Morgan fingerprint density at radius 2 is 1.14 bits per heavy atom. The second-order valence-electron chi connectivity index (χ2n) is 9.39. The van der Waals surface area contributed by atoms with Crippen LogP contribution in [0.3, 0.4) is 0 Å². The Labute approximate surface area is 220 Å². The molecule has 0 aliphatic rings. The van der Waals surface area contributed by atoms with E-state index in [1.54, 1.807) is 29.2 Å². The van der Waals surface area contributed by atoms with Crippen LogP contribution in [0.15, 0.2) is 108 Å². The monoisotopic (exact) mass is 512 g/mol. The number of carbonyl (C=O) groups is 1. The van der Waals surface area contributed by atoms with Crippen LogP contribution in [0.1, 0.15) is 27.8 Å². The molecule has 4 aromatic carbocycles. The molecule has 4 rings (SSSR count). The molecule has 0 spiro atoms. The van der Waals surface area contributed by atoms with Crippen molar-refractivity contribution in [3.05, 3.63) is 131 Å². The van der Waals surface area contributed by atoms with Crippen LogP contribution in [-0.2, 0) is 27.9 Å². The van der Waals surface area contributed by atoms with E-state index >= 15 is 0 Å². The number of carbonyl (C=O) groups excluding carboxylic acids is 1. The molecule has 0 bridgehead atoms. The van der Waals surface area contributed by atoms with Crippen LogP contribution in [0.4, 0.5) is 5.69 Å². The van der Waals surface area contributed by atoms with Gasteiger partial charge in [-0.3, -0.25) is 9.10 Å². The molecule has 0 radical (unpaired) electrons. The molecular weight excluding hydrogens is 480 g/mol. The fraction of sp³-hybridized carbons (Fsp3) is 0.194. The summed E-state index contributed by atoms with van der Waals surface area (Å²) in [6, 6.07) is 31.8.